The van der Waals surface area contributed by atoms with Gasteiger partial charge < -0.3 is 10.6 Å². The summed E-state index contributed by atoms with van der Waals surface area (Å²) >= 11 is 6.01. The Labute approximate surface area is 132 Å². The summed E-state index contributed by atoms with van der Waals surface area (Å²) in [5.41, 5.74) is 1.20. The monoisotopic (exact) mass is 315 g/mol. The summed E-state index contributed by atoms with van der Waals surface area (Å²) in [6.07, 6.45) is 4.88. The van der Waals surface area contributed by atoms with Crippen LogP contribution in [0.1, 0.15) is 33.6 Å². The molecule has 0 bridgehead atoms. The highest BCUT2D eigenvalue weighted by molar-refractivity contribution is 6.33. The zero-order valence-electron chi connectivity index (χ0n) is 11.7. The molecule has 1 heterocycles. The van der Waals surface area contributed by atoms with Gasteiger partial charge in [-0.3, -0.25) is 14.6 Å². The van der Waals surface area contributed by atoms with E-state index in [1.54, 1.807) is 24.3 Å². The maximum atomic E-state index is 12.2. The molecule has 6 heteroatoms. The van der Waals surface area contributed by atoms with Crippen LogP contribution in [0.2, 0.25) is 5.02 Å². The van der Waals surface area contributed by atoms with Gasteiger partial charge in [-0.25, -0.2) is 0 Å². The fourth-order valence-corrected chi connectivity index (χ4v) is 2.12. The molecule has 0 saturated heterocycles. The minimum absolute atomic E-state index is 0.206. The Hall–Kier alpha value is -2.40. The molecule has 22 heavy (non-hydrogen) atoms. The van der Waals surface area contributed by atoms with Crippen molar-refractivity contribution in [3.8, 4) is 0 Å². The fourth-order valence-electron chi connectivity index (χ4n) is 1.94. The highest BCUT2D eigenvalue weighted by Crippen LogP contribution is 2.21. The topological polar surface area (TPSA) is 71.1 Å². The van der Waals surface area contributed by atoms with Gasteiger partial charge >= 0.3 is 0 Å². The number of halogens is 1. The molecule has 0 radical (unpaired) electrons. The number of nitrogens with zero attached hydrogens (tertiary/aromatic N) is 1. The Morgan fingerprint density at radius 1 is 1.09 bits per heavy atom. The molecular formula is C16H14ClN3O2. The molecule has 2 aromatic rings. The molecule has 1 aliphatic rings. The number of carbonyl (C=O) groups excluding carboxylic acids is 2. The van der Waals surface area contributed by atoms with Crippen LogP contribution in [-0.2, 0) is 0 Å². The van der Waals surface area contributed by atoms with Crippen molar-refractivity contribution < 1.29 is 9.59 Å². The molecule has 1 saturated carbocycles. The number of anilines is 1. The van der Waals surface area contributed by atoms with E-state index >= 15 is 0 Å². The average molecular weight is 316 g/mol. The molecule has 1 aliphatic carbocycles. The number of hydrogen-bond acceptors (Lipinski definition) is 3. The van der Waals surface area contributed by atoms with Crippen LogP contribution in [0.4, 0.5) is 5.69 Å². The van der Waals surface area contributed by atoms with Crippen molar-refractivity contribution in [2.24, 2.45) is 0 Å². The van der Waals surface area contributed by atoms with E-state index < -0.39 is 0 Å². The van der Waals surface area contributed by atoms with Crippen molar-refractivity contribution >= 4 is 29.1 Å². The van der Waals surface area contributed by atoms with Gasteiger partial charge in [0.25, 0.3) is 11.8 Å². The third-order valence-corrected chi connectivity index (χ3v) is 3.63. The standard InChI is InChI=1S/C16H14ClN3O2/c17-13-3-1-2-4-14(13)20-16(22)11-7-10(8-18-9-11)15(21)19-12-5-6-12/h1-4,7-9,12H,5-6H2,(H,19,21)(H,20,22). The van der Waals surface area contributed by atoms with Crippen LogP contribution in [0.3, 0.4) is 0 Å². The van der Waals surface area contributed by atoms with Gasteiger partial charge in [-0.2, -0.15) is 0 Å². The molecule has 2 N–H and O–H groups in total. The van der Waals surface area contributed by atoms with Gasteiger partial charge in [-0.15, -0.1) is 0 Å². The van der Waals surface area contributed by atoms with Crippen LogP contribution in [0.25, 0.3) is 0 Å². The van der Waals surface area contributed by atoms with Gasteiger partial charge in [0.15, 0.2) is 0 Å². The third-order valence-electron chi connectivity index (χ3n) is 3.30. The summed E-state index contributed by atoms with van der Waals surface area (Å²) in [5.74, 6) is -0.566. The summed E-state index contributed by atoms with van der Waals surface area (Å²) in [6, 6.07) is 8.73. The van der Waals surface area contributed by atoms with Gasteiger partial charge in [-0.1, -0.05) is 23.7 Å². The Kier molecular flexibility index (Phi) is 4.06. The Morgan fingerprint density at radius 2 is 1.77 bits per heavy atom. The summed E-state index contributed by atoms with van der Waals surface area (Å²) in [7, 11) is 0. The lowest BCUT2D eigenvalue weighted by atomic mass is 10.2. The second-order valence-corrected chi connectivity index (χ2v) is 5.55. The van der Waals surface area contributed by atoms with Gasteiger partial charge in [-0.05, 0) is 31.0 Å². The predicted octanol–water partition coefficient (Wildman–Crippen LogP) is 2.88. The van der Waals surface area contributed by atoms with Crippen LogP contribution in [0, 0.1) is 0 Å². The quantitative estimate of drug-likeness (QED) is 0.911. The first-order chi connectivity index (χ1) is 10.6. The maximum absolute atomic E-state index is 12.2. The molecule has 5 nitrogen and oxygen atoms in total. The average Bonchev–Trinajstić information content (AvgIpc) is 3.33. The van der Waals surface area contributed by atoms with Gasteiger partial charge in [0.05, 0.1) is 21.8 Å². The highest BCUT2D eigenvalue weighted by Gasteiger charge is 2.24. The third kappa shape index (κ3) is 3.43. The predicted molar refractivity (Wildman–Crippen MR) is 84.1 cm³/mol. The molecule has 0 spiro atoms. The lowest BCUT2D eigenvalue weighted by molar-refractivity contribution is 0.0950. The molecule has 1 aromatic heterocycles. The molecule has 112 valence electrons. The summed E-state index contributed by atoms with van der Waals surface area (Å²) in [5, 5.41) is 6.02. The van der Waals surface area contributed by atoms with E-state index in [0.717, 1.165) is 12.8 Å². The first-order valence-electron chi connectivity index (χ1n) is 6.95. The molecule has 0 atom stereocenters. The molecule has 0 unspecified atom stereocenters. The number of hydrogen-bond donors (Lipinski definition) is 2. The minimum Gasteiger partial charge on any atom is -0.349 e. The van der Waals surface area contributed by atoms with E-state index in [9.17, 15) is 9.59 Å². The highest BCUT2D eigenvalue weighted by atomic mass is 35.5. The SMILES string of the molecule is O=C(Nc1ccccc1Cl)c1cncc(C(=O)NC2CC2)c1. The molecule has 0 aliphatic heterocycles. The van der Waals surface area contributed by atoms with Gasteiger partial charge in [0, 0.05) is 18.4 Å². The van der Waals surface area contributed by atoms with E-state index in [1.807, 2.05) is 0 Å². The fraction of sp³-hybridized carbons (Fsp3) is 0.188. The number of amides is 2. The van der Waals surface area contributed by atoms with Crippen molar-refractivity contribution in [3.05, 3.63) is 58.9 Å². The lowest BCUT2D eigenvalue weighted by Crippen LogP contribution is -2.26. The maximum Gasteiger partial charge on any atom is 0.257 e. The zero-order chi connectivity index (χ0) is 15.5. The second kappa shape index (κ2) is 6.15. The van der Waals surface area contributed by atoms with Gasteiger partial charge in [0.2, 0.25) is 0 Å². The number of rotatable bonds is 4. The van der Waals surface area contributed by atoms with Gasteiger partial charge in [0.1, 0.15) is 0 Å². The first kappa shape index (κ1) is 14.5. The zero-order valence-corrected chi connectivity index (χ0v) is 12.4. The van der Waals surface area contributed by atoms with Crippen molar-refractivity contribution in [1.82, 2.24) is 10.3 Å². The summed E-state index contributed by atoms with van der Waals surface area (Å²) < 4.78 is 0. The van der Waals surface area contributed by atoms with Crippen LogP contribution < -0.4 is 10.6 Å². The second-order valence-electron chi connectivity index (χ2n) is 5.14. The van der Waals surface area contributed by atoms with Crippen molar-refractivity contribution in [1.29, 1.82) is 0 Å². The van der Waals surface area contributed by atoms with Crippen molar-refractivity contribution in [2.75, 3.05) is 5.32 Å². The number of carbonyl (C=O) groups is 2. The first-order valence-corrected chi connectivity index (χ1v) is 7.33. The molecular weight excluding hydrogens is 302 g/mol. The van der Waals surface area contributed by atoms with Crippen LogP contribution in [0.15, 0.2) is 42.7 Å². The van der Waals surface area contributed by atoms with Crippen molar-refractivity contribution in [3.63, 3.8) is 0 Å². The van der Waals surface area contributed by atoms with Crippen LogP contribution in [0.5, 0.6) is 0 Å². The van der Waals surface area contributed by atoms with Crippen LogP contribution >= 0.6 is 11.6 Å². The van der Waals surface area contributed by atoms with E-state index in [-0.39, 0.29) is 17.9 Å². The van der Waals surface area contributed by atoms with Crippen molar-refractivity contribution in [2.45, 2.75) is 18.9 Å². The number of pyridine rings is 1. The van der Waals surface area contributed by atoms with E-state index in [2.05, 4.69) is 15.6 Å². The molecule has 1 aromatic carbocycles. The Balaban J connectivity index is 1.75. The van der Waals surface area contributed by atoms with E-state index in [1.165, 1.54) is 18.5 Å². The number of nitrogens with one attached hydrogen (secondary N) is 2. The molecule has 2 amide bonds. The largest absolute Gasteiger partial charge is 0.349 e. The van der Waals surface area contributed by atoms with E-state index in [0.29, 0.717) is 21.8 Å². The van der Waals surface area contributed by atoms with E-state index in [4.69, 9.17) is 11.6 Å². The normalized spacial score (nSPS) is 13.5. The summed E-state index contributed by atoms with van der Waals surface area (Å²) in [4.78, 5) is 28.2. The number of aromatic nitrogens is 1. The molecule has 1 fully saturated rings. The Bertz CT molecular complexity index is 729. The van der Waals surface area contributed by atoms with Crippen LogP contribution in [-0.4, -0.2) is 22.8 Å². The minimum atomic E-state index is -0.360. The number of benzene rings is 1. The smallest absolute Gasteiger partial charge is 0.257 e. The Morgan fingerprint density at radius 3 is 2.45 bits per heavy atom. The molecule has 3 rings (SSSR count). The summed E-state index contributed by atoms with van der Waals surface area (Å²) in [6.45, 7) is 0. The lowest BCUT2D eigenvalue weighted by Gasteiger charge is -2.08. The number of para-hydroxylation sites is 1.